The number of aliphatic hydroxyl groups is 2. The highest BCUT2D eigenvalue weighted by Gasteiger charge is 2.41. The van der Waals surface area contributed by atoms with Gasteiger partial charge in [-0.05, 0) is 97.8 Å². The third-order valence-corrected chi connectivity index (χ3v) is 8.25. The smallest absolute Gasteiger partial charge is 0.416 e. The van der Waals surface area contributed by atoms with E-state index in [-0.39, 0.29) is 35.7 Å². The van der Waals surface area contributed by atoms with E-state index >= 15 is 0 Å². The molecule has 2 N–H and O–H groups in total. The van der Waals surface area contributed by atoms with E-state index in [0.717, 1.165) is 12.1 Å². The van der Waals surface area contributed by atoms with E-state index in [1.54, 1.807) is 48.5 Å². The van der Waals surface area contributed by atoms with Crippen molar-refractivity contribution in [2.75, 3.05) is 0 Å². The normalized spacial score (nSPS) is 14.0. The van der Waals surface area contributed by atoms with Gasteiger partial charge in [-0.2, -0.15) is 31.4 Å². The highest BCUT2D eigenvalue weighted by molar-refractivity contribution is 6.30. The standard InChI is InChI=1S/2C18H15ClF3N3O2/c1-17(26,9-25-10-23-24-11-25)15-7-6-14(8-16(15)18(20,21)22)27-13-4-2-12(19)3-5-13;1-17(26,9-25-11-23-10-24-25)15-7-6-14(8-16(15)18(20,21)22)27-13-4-2-12(19)3-5-13/h2*2-8,10-11,26H,9H2,1H3. The maximum atomic E-state index is 13.6. The molecule has 2 unspecified atom stereocenters. The summed E-state index contributed by atoms with van der Waals surface area (Å²) in [6.45, 7) is 2.27. The second kappa shape index (κ2) is 16.1. The van der Waals surface area contributed by atoms with Crippen molar-refractivity contribution >= 4 is 23.2 Å². The third kappa shape index (κ3) is 10.5. The highest BCUT2D eigenvalue weighted by atomic mass is 35.5. The Labute approximate surface area is 314 Å². The molecule has 0 spiro atoms. The van der Waals surface area contributed by atoms with Crippen molar-refractivity contribution in [3.63, 3.8) is 0 Å². The molecular weight excluding hydrogens is 765 g/mol. The van der Waals surface area contributed by atoms with Crippen LogP contribution in [0.5, 0.6) is 23.0 Å². The lowest BCUT2D eigenvalue weighted by molar-refractivity contribution is -0.141. The van der Waals surface area contributed by atoms with Gasteiger partial charge in [0.2, 0.25) is 0 Å². The second-order valence-electron chi connectivity index (χ2n) is 12.3. The van der Waals surface area contributed by atoms with Crippen LogP contribution in [0.1, 0.15) is 36.1 Å². The summed E-state index contributed by atoms with van der Waals surface area (Å²) in [6.07, 6.45) is -4.16. The van der Waals surface area contributed by atoms with Crippen molar-refractivity contribution in [1.82, 2.24) is 29.5 Å². The molecule has 0 aliphatic carbocycles. The number of benzene rings is 4. The average molecular weight is 796 g/mol. The van der Waals surface area contributed by atoms with Crippen LogP contribution in [0.2, 0.25) is 10.0 Å². The Balaban J connectivity index is 0.000000208. The maximum absolute atomic E-state index is 13.6. The molecule has 18 heteroatoms. The fraction of sp³-hybridized carbons (Fsp3) is 0.222. The molecule has 0 aliphatic rings. The molecule has 0 saturated heterocycles. The van der Waals surface area contributed by atoms with Gasteiger partial charge < -0.3 is 24.3 Å². The van der Waals surface area contributed by atoms with E-state index in [1.807, 2.05) is 0 Å². The summed E-state index contributed by atoms with van der Waals surface area (Å²) in [5, 5.41) is 33.3. The van der Waals surface area contributed by atoms with Crippen molar-refractivity contribution in [3.05, 3.63) is 143 Å². The van der Waals surface area contributed by atoms with Crippen LogP contribution in [-0.2, 0) is 36.6 Å². The summed E-state index contributed by atoms with van der Waals surface area (Å²) in [5.74, 6) is 0.671. The predicted molar refractivity (Wildman–Crippen MR) is 185 cm³/mol. The van der Waals surface area contributed by atoms with Gasteiger partial charge >= 0.3 is 12.4 Å². The Morgan fingerprint density at radius 3 is 1.37 bits per heavy atom. The Kier molecular flexibility index (Phi) is 11.9. The minimum absolute atomic E-state index is 0.00602. The zero-order valence-corrected chi connectivity index (χ0v) is 29.7. The van der Waals surface area contributed by atoms with Gasteiger partial charge in [-0.3, -0.25) is 0 Å². The minimum Gasteiger partial charge on any atom is -0.457 e. The molecule has 0 amide bonds. The van der Waals surface area contributed by atoms with Crippen LogP contribution in [0.25, 0.3) is 0 Å². The van der Waals surface area contributed by atoms with E-state index < -0.39 is 34.7 Å². The van der Waals surface area contributed by atoms with Crippen molar-refractivity contribution in [2.45, 2.75) is 50.5 Å². The van der Waals surface area contributed by atoms with Crippen LogP contribution in [0.4, 0.5) is 26.3 Å². The number of rotatable bonds is 10. The van der Waals surface area contributed by atoms with E-state index in [1.165, 1.54) is 72.7 Å². The fourth-order valence-electron chi connectivity index (χ4n) is 5.32. The summed E-state index contributed by atoms with van der Waals surface area (Å²) in [5.41, 5.74) is -6.14. The number of alkyl halides is 6. The van der Waals surface area contributed by atoms with Gasteiger partial charge in [-0.1, -0.05) is 35.3 Å². The maximum Gasteiger partial charge on any atom is 0.416 e. The van der Waals surface area contributed by atoms with Crippen molar-refractivity contribution in [1.29, 1.82) is 0 Å². The number of hydrogen-bond donors (Lipinski definition) is 2. The molecule has 54 heavy (non-hydrogen) atoms. The van der Waals surface area contributed by atoms with Crippen molar-refractivity contribution < 1.29 is 46.0 Å². The third-order valence-electron chi connectivity index (χ3n) is 7.75. The summed E-state index contributed by atoms with van der Waals surface area (Å²) in [6, 6.07) is 19.3. The number of ether oxygens (including phenoxy) is 2. The topological polar surface area (TPSA) is 120 Å². The molecule has 0 fully saturated rings. The van der Waals surface area contributed by atoms with Gasteiger partial charge in [0.15, 0.2) is 0 Å². The number of nitrogens with zero attached hydrogens (tertiary/aromatic N) is 6. The zero-order valence-electron chi connectivity index (χ0n) is 28.2. The molecule has 6 aromatic rings. The molecule has 2 heterocycles. The Bertz CT molecular complexity index is 1970. The van der Waals surface area contributed by atoms with E-state index in [2.05, 4.69) is 20.3 Å². The first kappa shape index (κ1) is 40.0. The molecule has 0 saturated carbocycles. The van der Waals surface area contributed by atoms with E-state index in [4.69, 9.17) is 32.7 Å². The van der Waals surface area contributed by atoms with Crippen molar-refractivity contribution in [3.8, 4) is 23.0 Å². The lowest BCUT2D eigenvalue weighted by Crippen LogP contribution is -2.31. The molecule has 284 valence electrons. The monoisotopic (exact) mass is 794 g/mol. The van der Waals surface area contributed by atoms with Crippen LogP contribution in [0.15, 0.2) is 110 Å². The molecule has 4 aromatic carbocycles. The number of hydrogen-bond acceptors (Lipinski definition) is 8. The summed E-state index contributed by atoms with van der Waals surface area (Å²) in [4.78, 5) is 3.73. The first-order valence-corrected chi connectivity index (χ1v) is 16.5. The quantitative estimate of drug-likeness (QED) is 0.132. The van der Waals surface area contributed by atoms with Gasteiger partial charge in [-0.25, -0.2) is 9.67 Å². The molecule has 2 aromatic heterocycles. The van der Waals surface area contributed by atoms with Gasteiger partial charge in [0.05, 0.1) is 24.2 Å². The fourth-order valence-corrected chi connectivity index (χ4v) is 5.57. The van der Waals surface area contributed by atoms with Crippen LogP contribution in [0, 0.1) is 0 Å². The zero-order chi connectivity index (χ0) is 39.3. The number of halogens is 8. The highest BCUT2D eigenvalue weighted by Crippen LogP contribution is 2.42. The van der Waals surface area contributed by atoms with Crippen LogP contribution >= 0.6 is 23.2 Å². The largest absolute Gasteiger partial charge is 0.457 e. The predicted octanol–water partition coefficient (Wildman–Crippen LogP) is 9.30. The van der Waals surface area contributed by atoms with Crippen LogP contribution in [0.3, 0.4) is 0 Å². The molecule has 6 rings (SSSR count). The molecule has 2 atom stereocenters. The summed E-state index contributed by atoms with van der Waals surface area (Å²) >= 11 is 11.6. The first-order chi connectivity index (χ1) is 25.3. The average Bonchev–Trinajstić information content (AvgIpc) is 3.80. The Morgan fingerprint density at radius 1 is 0.574 bits per heavy atom. The van der Waals surface area contributed by atoms with Crippen LogP contribution < -0.4 is 9.47 Å². The molecule has 0 aliphatic heterocycles. The lowest BCUT2D eigenvalue weighted by atomic mass is 9.90. The summed E-state index contributed by atoms with van der Waals surface area (Å²) in [7, 11) is 0. The first-order valence-electron chi connectivity index (χ1n) is 15.7. The Hall–Kier alpha value is -5.16. The molecule has 0 bridgehead atoms. The molecule has 0 radical (unpaired) electrons. The summed E-state index contributed by atoms with van der Waals surface area (Å²) < 4.78 is 95.3. The van der Waals surface area contributed by atoms with Gasteiger partial charge in [0, 0.05) is 10.0 Å². The van der Waals surface area contributed by atoms with Crippen LogP contribution in [-0.4, -0.2) is 39.7 Å². The number of aromatic nitrogens is 6. The van der Waals surface area contributed by atoms with E-state index in [0.29, 0.717) is 21.5 Å². The van der Waals surface area contributed by atoms with Gasteiger partial charge in [-0.15, -0.1) is 10.2 Å². The lowest BCUT2D eigenvalue weighted by Gasteiger charge is -2.27. The molecule has 10 nitrogen and oxygen atoms in total. The second-order valence-corrected chi connectivity index (χ2v) is 13.2. The van der Waals surface area contributed by atoms with E-state index in [9.17, 15) is 36.6 Å². The van der Waals surface area contributed by atoms with Gasteiger partial charge in [0.25, 0.3) is 0 Å². The minimum atomic E-state index is -4.68. The van der Waals surface area contributed by atoms with Gasteiger partial charge in [0.1, 0.15) is 59.5 Å². The SMILES string of the molecule is CC(O)(Cn1cncn1)c1ccc(Oc2ccc(Cl)cc2)cc1C(F)(F)F.CC(O)(Cn1cnnc1)c1ccc(Oc2ccc(Cl)cc2)cc1C(F)(F)F. The van der Waals surface area contributed by atoms with Crippen molar-refractivity contribution in [2.24, 2.45) is 0 Å². The molecular formula is C36H30Cl2F6N6O4. The Morgan fingerprint density at radius 2 is 0.981 bits per heavy atom.